The van der Waals surface area contributed by atoms with E-state index in [-0.39, 0.29) is 11.2 Å². The molecular weight excluding hydrogens is 296 g/mol. The molecule has 1 aromatic carbocycles. The predicted molar refractivity (Wildman–Crippen MR) is 87.9 cm³/mol. The quantitative estimate of drug-likeness (QED) is 0.810. The molecule has 0 spiro atoms. The molecule has 1 atom stereocenters. The highest BCUT2D eigenvalue weighted by molar-refractivity contribution is 6.06. The van der Waals surface area contributed by atoms with Crippen molar-refractivity contribution in [3.63, 3.8) is 0 Å². The van der Waals surface area contributed by atoms with E-state index >= 15 is 0 Å². The van der Waals surface area contributed by atoms with Gasteiger partial charge in [0.1, 0.15) is 11.5 Å². The van der Waals surface area contributed by atoms with Gasteiger partial charge in [-0.05, 0) is 54.0 Å². The number of allylic oxidation sites excluding steroid dienone is 2. The predicted octanol–water partition coefficient (Wildman–Crippen LogP) is 4.81. The molecule has 23 heavy (non-hydrogen) atoms. The van der Waals surface area contributed by atoms with Crippen molar-refractivity contribution in [2.24, 2.45) is 5.41 Å². The zero-order chi connectivity index (χ0) is 16.8. The summed E-state index contributed by atoms with van der Waals surface area (Å²) in [5, 5.41) is 0. The summed E-state index contributed by atoms with van der Waals surface area (Å²) in [6.45, 7) is 4.06. The van der Waals surface area contributed by atoms with E-state index in [4.69, 9.17) is 5.73 Å². The number of carbonyl (C=O) groups is 1. The van der Waals surface area contributed by atoms with Crippen LogP contribution in [0.3, 0.4) is 0 Å². The maximum absolute atomic E-state index is 14.6. The summed E-state index contributed by atoms with van der Waals surface area (Å²) in [4.78, 5) is 12.4. The summed E-state index contributed by atoms with van der Waals surface area (Å²) in [6.07, 6.45) is 5.33. The molecule has 1 aromatic rings. The summed E-state index contributed by atoms with van der Waals surface area (Å²) in [5.41, 5.74) is 7.66. The molecule has 124 valence electrons. The average Bonchev–Trinajstić information content (AvgIpc) is 2.86. The fourth-order valence-corrected chi connectivity index (χ4v) is 4.35. The number of unbranched alkanes of at least 4 members (excludes halogenated alkanes) is 1. The van der Waals surface area contributed by atoms with Gasteiger partial charge in [-0.1, -0.05) is 26.7 Å². The highest BCUT2D eigenvalue weighted by Gasteiger charge is 2.47. The number of rotatable bonds is 4. The first-order valence-corrected chi connectivity index (χ1v) is 8.48. The summed E-state index contributed by atoms with van der Waals surface area (Å²) in [6, 6.07) is 1.34. The van der Waals surface area contributed by atoms with Crippen molar-refractivity contribution in [2.45, 2.75) is 58.8 Å². The van der Waals surface area contributed by atoms with Crippen LogP contribution in [0.4, 0.5) is 14.5 Å². The van der Waals surface area contributed by atoms with Crippen LogP contribution < -0.4 is 5.73 Å². The molecule has 1 unspecified atom stereocenters. The van der Waals surface area contributed by atoms with Crippen LogP contribution in [0.25, 0.3) is 5.57 Å². The number of hydrogen-bond acceptors (Lipinski definition) is 2. The van der Waals surface area contributed by atoms with Crippen molar-refractivity contribution in [1.29, 1.82) is 0 Å². The maximum Gasteiger partial charge on any atom is 0.159 e. The normalized spacial score (nSPS) is 23.2. The summed E-state index contributed by atoms with van der Waals surface area (Å²) in [7, 11) is 0. The van der Waals surface area contributed by atoms with Gasteiger partial charge in [-0.3, -0.25) is 4.79 Å². The zero-order valence-corrected chi connectivity index (χ0v) is 13.8. The molecule has 0 aliphatic heterocycles. The van der Waals surface area contributed by atoms with Gasteiger partial charge >= 0.3 is 0 Å². The van der Waals surface area contributed by atoms with E-state index in [1.54, 1.807) is 0 Å². The molecular formula is C19H23F2NO. The third-order valence-electron chi connectivity index (χ3n) is 5.50. The number of ketones is 1. The van der Waals surface area contributed by atoms with Crippen LogP contribution in [0.2, 0.25) is 0 Å². The van der Waals surface area contributed by atoms with Crippen LogP contribution in [0.5, 0.6) is 0 Å². The van der Waals surface area contributed by atoms with Gasteiger partial charge in [0, 0.05) is 11.8 Å². The highest BCUT2D eigenvalue weighted by atomic mass is 19.1. The molecule has 0 amide bonds. The van der Waals surface area contributed by atoms with Gasteiger partial charge in [-0.25, -0.2) is 8.78 Å². The lowest BCUT2D eigenvalue weighted by molar-refractivity contribution is -0.116. The van der Waals surface area contributed by atoms with Crippen LogP contribution in [0.1, 0.15) is 63.5 Å². The number of anilines is 1. The first-order valence-electron chi connectivity index (χ1n) is 8.48. The van der Waals surface area contributed by atoms with E-state index in [0.717, 1.165) is 36.8 Å². The Hall–Kier alpha value is -1.71. The number of carbonyl (C=O) groups excluding carboxylic acids is 1. The highest BCUT2D eigenvalue weighted by Crippen LogP contribution is 2.57. The summed E-state index contributed by atoms with van der Waals surface area (Å²) >= 11 is 0. The molecule has 2 aliphatic rings. The van der Waals surface area contributed by atoms with Crippen LogP contribution in [0.15, 0.2) is 11.6 Å². The van der Waals surface area contributed by atoms with Crippen molar-refractivity contribution in [3.05, 3.63) is 34.4 Å². The number of hydrogen-bond donors (Lipinski definition) is 1. The molecule has 2 N–H and O–H groups in total. The van der Waals surface area contributed by atoms with Crippen LogP contribution in [-0.2, 0) is 11.2 Å². The third kappa shape index (κ3) is 2.30. The van der Waals surface area contributed by atoms with Gasteiger partial charge in [-0.15, -0.1) is 0 Å². The number of nitrogen functional groups attached to an aromatic ring is 1. The molecule has 0 radical (unpaired) electrons. The van der Waals surface area contributed by atoms with Crippen LogP contribution in [0, 0.1) is 17.0 Å². The van der Waals surface area contributed by atoms with Gasteiger partial charge < -0.3 is 5.73 Å². The Labute approximate surface area is 135 Å². The molecule has 0 saturated heterocycles. The molecule has 0 heterocycles. The minimum atomic E-state index is -0.728. The van der Waals surface area contributed by atoms with E-state index < -0.39 is 17.3 Å². The topological polar surface area (TPSA) is 43.1 Å². The Morgan fingerprint density at radius 2 is 2.04 bits per heavy atom. The zero-order valence-electron chi connectivity index (χ0n) is 13.8. The molecule has 0 bridgehead atoms. The molecule has 0 saturated carbocycles. The van der Waals surface area contributed by atoms with Gasteiger partial charge in [0.05, 0.1) is 0 Å². The van der Waals surface area contributed by atoms with Crippen molar-refractivity contribution in [3.8, 4) is 0 Å². The number of benzene rings is 1. The van der Waals surface area contributed by atoms with Gasteiger partial charge in [0.2, 0.25) is 0 Å². The molecule has 0 fully saturated rings. The Bertz CT molecular complexity index is 708. The minimum Gasteiger partial charge on any atom is -0.394 e. The third-order valence-corrected chi connectivity index (χ3v) is 5.50. The SMILES string of the molecule is CCCCC12CCC(=O)C(CC)=C1c1cc(F)c(N)c(F)c1C2. The lowest BCUT2D eigenvalue weighted by atomic mass is 9.67. The van der Waals surface area contributed by atoms with E-state index in [0.29, 0.717) is 30.4 Å². The van der Waals surface area contributed by atoms with Crippen molar-refractivity contribution < 1.29 is 13.6 Å². The first-order chi connectivity index (χ1) is 10.9. The largest absolute Gasteiger partial charge is 0.394 e. The maximum atomic E-state index is 14.6. The fraction of sp³-hybridized carbons (Fsp3) is 0.526. The van der Waals surface area contributed by atoms with Crippen LogP contribution >= 0.6 is 0 Å². The smallest absolute Gasteiger partial charge is 0.159 e. The van der Waals surface area contributed by atoms with E-state index in [1.807, 2.05) is 6.92 Å². The number of Topliss-reactive ketones (excluding diaryl/α,β-unsaturated/α-hetero) is 1. The molecule has 2 aliphatic carbocycles. The van der Waals surface area contributed by atoms with Crippen molar-refractivity contribution in [1.82, 2.24) is 0 Å². The van der Waals surface area contributed by atoms with E-state index in [1.165, 1.54) is 6.07 Å². The Morgan fingerprint density at radius 1 is 1.30 bits per heavy atom. The van der Waals surface area contributed by atoms with E-state index in [9.17, 15) is 13.6 Å². The molecule has 2 nitrogen and oxygen atoms in total. The molecule has 0 aromatic heterocycles. The van der Waals surface area contributed by atoms with Gasteiger partial charge in [-0.2, -0.15) is 0 Å². The van der Waals surface area contributed by atoms with Crippen molar-refractivity contribution in [2.75, 3.05) is 5.73 Å². The Balaban J connectivity index is 2.26. The summed E-state index contributed by atoms with van der Waals surface area (Å²) < 4.78 is 28.6. The number of nitrogens with two attached hydrogens (primary N) is 1. The Kier molecular flexibility index (Phi) is 4.03. The molecule has 3 rings (SSSR count). The fourth-order valence-electron chi connectivity index (χ4n) is 4.35. The summed E-state index contributed by atoms with van der Waals surface area (Å²) in [5.74, 6) is -1.24. The number of halogens is 2. The Morgan fingerprint density at radius 3 is 2.70 bits per heavy atom. The number of fused-ring (bicyclic) bond motifs is 3. The minimum absolute atomic E-state index is 0.125. The lowest BCUT2D eigenvalue weighted by Crippen LogP contribution is -2.28. The first kappa shape index (κ1) is 16.2. The molecule has 4 heteroatoms. The van der Waals surface area contributed by atoms with Gasteiger partial charge in [0.25, 0.3) is 0 Å². The standard InChI is InChI=1S/C19H23F2NO/c1-3-5-7-19-8-6-15(23)11(4-2)16(19)12-9-14(20)18(22)17(21)13(12)10-19/h9H,3-8,10,22H2,1-2H3. The second-order valence-corrected chi connectivity index (χ2v) is 6.80. The van der Waals surface area contributed by atoms with E-state index in [2.05, 4.69) is 6.92 Å². The second-order valence-electron chi connectivity index (χ2n) is 6.80. The van der Waals surface area contributed by atoms with Crippen molar-refractivity contribution >= 4 is 17.0 Å². The average molecular weight is 319 g/mol. The van der Waals surface area contributed by atoms with Gasteiger partial charge in [0.15, 0.2) is 11.6 Å². The van der Waals surface area contributed by atoms with Crippen LogP contribution in [-0.4, -0.2) is 5.78 Å². The second kappa shape index (κ2) is 5.73. The lowest BCUT2D eigenvalue weighted by Gasteiger charge is -2.36. The monoisotopic (exact) mass is 319 g/mol.